The van der Waals surface area contributed by atoms with E-state index in [1.165, 1.54) is 12.1 Å². The highest BCUT2D eigenvalue weighted by atomic mass is 16.2. The van der Waals surface area contributed by atoms with Crippen molar-refractivity contribution in [2.45, 2.75) is 6.92 Å². The Bertz CT molecular complexity index is 643. The molecule has 0 fully saturated rings. The van der Waals surface area contributed by atoms with Crippen LogP contribution >= 0.6 is 0 Å². The van der Waals surface area contributed by atoms with Gasteiger partial charge in [-0.15, -0.1) is 0 Å². The number of carbonyl (C=O) groups is 1. The van der Waals surface area contributed by atoms with Crippen LogP contribution in [0, 0.1) is 0 Å². The fourth-order valence-corrected chi connectivity index (χ4v) is 1.30. The molecule has 0 aliphatic carbocycles. The summed E-state index contributed by atoms with van der Waals surface area (Å²) in [5.74, 6) is -0.500. The quantitative estimate of drug-likeness (QED) is 0.610. The summed E-state index contributed by atoms with van der Waals surface area (Å²) in [7, 11) is 0. The number of hydrogen-bond acceptors (Lipinski definition) is 5. The van der Waals surface area contributed by atoms with Crippen molar-refractivity contribution in [3.63, 3.8) is 0 Å². The molecule has 0 bridgehead atoms. The highest BCUT2D eigenvalue weighted by Crippen LogP contribution is 1.97. The van der Waals surface area contributed by atoms with Crippen molar-refractivity contribution in [2.24, 2.45) is 5.10 Å². The van der Waals surface area contributed by atoms with Crippen LogP contribution in [0.4, 0.5) is 0 Å². The Kier molecular flexibility index (Phi) is 3.77. The maximum atomic E-state index is 11.7. The second-order valence-corrected chi connectivity index (χ2v) is 3.69. The van der Waals surface area contributed by atoms with E-state index in [-0.39, 0.29) is 11.3 Å². The van der Waals surface area contributed by atoms with Crippen LogP contribution in [0.1, 0.15) is 23.0 Å². The van der Waals surface area contributed by atoms with Gasteiger partial charge in [0.2, 0.25) is 0 Å². The molecule has 0 spiro atoms. The zero-order chi connectivity index (χ0) is 13.7. The van der Waals surface area contributed by atoms with Crippen LogP contribution < -0.4 is 11.0 Å². The molecule has 1 amide bonds. The van der Waals surface area contributed by atoms with Crippen molar-refractivity contribution in [1.82, 2.24) is 20.6 Å². The van der Waals surface area contributed by atoms with Gasteiger partial charge in [-0.25, -0.2) is 10.5 Å². The van der Waals surface area contributed by atoms with Crippen LogP contribution in [0.5, 0.6) is 0 Å². The molecule has 96 valence electrons. The standard InChI is InChI=1S/C12H11N5O2/c1-8(9-3-2-6-13-7-9)14-17-12(19)10-4-5-11(18)16-15-10/h2-7H,1H3,(H,16,18)(H,17,19). The van der Waals surface area contributed by atoms with Gasteiger partial charge in [-0.3, -0.25) is 14.6 Å². The van der Waals surface area contributed by atoms with Gasteiger partial charge in [0.25, 0.3) is 11.5 Å². The number of nitrogens with one attached hydrogen (secondary N) is 2. The molecule has 0 saturated carbocycles. The fourth-order valence-electron chi connectivity index (χ4n) is 1.30. The minimum atomic E-state index is -0.500. The number of amides is 1. The Balaban J connectivity index is 2.08. The van der Waals surface area contributed by atoms with E-state index in [1.54, 1.807) is 25.4 Å². The first-order chi connectivity index (χ1) is 9.16. The molecule has 0 saturated heterocycles. The van der Waals surface area contributed by atoms with E-state index >= 15 is 0 Å². The van der Waals surface area contributed by atoms with Crippen molar-refractivity contribution in [1.29, 1.82) is 0 Å². The minimum absolute atomic E-state index is 0.0855. The number of H-pyrrole nitrogens is 1. The van der Waals surface area contributed by atoms with Gasteiger partial charge >= 0.3 is 0 Å². The average molecular weight is 257 g/mol. The van der Waals surface area contributed by atoms with E-state index in [0.29, 0.717) is 5.71 Å². The third-order valence-corrected chi connectivity index (χ3v) is 2.32. The van der Waals surface area contributed by atoms with E-state index in [4.69, 9.17) is 0 Å². The molecule has 19 heavy (non-hydrogen) atoms. The zero-order valence-corrected chi connectivity index (χ0v) is 10.1. The number of aromatic amines is 1. The molecule has 0 unspecified atom stereocenters. The SMILES string of the molecule is CC(=NNC(=O)c1ccc(=O)[nH]n1)c1cccnc1. The summed E-state index contributed by atoms with van der Waals surface area (Å²) < 4.78 is 0. The Morgan fingerprint density at radius 2 is 2.21 bits per heavy atom. The molecule has 0 radical (unpaired) electrons. The van der Waals surface area contributed by atoms with Gasteiger partial charge in [0.05, 0.1) is 5.71 Å². The Morgan fingerprint density at radius 1 is 1.37 bits per heavy atom. The number of carbonyl (C=O) groups excluding carboxylic acids is 1. The van der Waals surface area contributed by atoms with Gasteiger partial charge in [0, 0.05) is 24.0 Å². The van der Waals surface area contributed by atoms with Crippen molar-refractivity contribution in [2.75, 3.05) is 0 Å². The molecule has 2 N–H and O–H groups in total. The van der Waals surface area contributed by atoms with Crippen LogP contribution in [0.15, 0.2) is 46.6 Å². The molecule has 0 aliphatic heterocycles. The first-order valence-electron chi connectivity index (χ1n) is 5.47. The van der Waals surface area contributed by atoms with Gasteiger partial charge < -0.3 is 0 Å². The molecule has 2 rings (SSSR count). The number of hydrogen-bond donors (Lipinski definition) is 2. The molecule has 0 aromatic carbocycles. The summed E-state index contributed by atoms with van der Waals surface area (Å²) in [6.07, 6.45) is 3.29. The summed E-state index contributed by atoms with van der Waals surface area (Å²) >= 11 is 0. The lowest BCUT2D eigenvalue weighted by Gasteiger charge is -2.01. The predicted molar refractivity (Wildman–Crippen MR) is 68.8 cm³/mol. The smallest absolute Gasteiger partial charge is 0.268 e. The normalized spacial score (nSPS) is 11.1. The van der Waals surface area contributed by atoms with Gasteiger partial charge in [-0.1, -0.05) is 6.07 Å². The number of nitrogens with zero attached hydrogens (tertiary/aromatic N) is 3. The minimum Gasteiger partial charge on any atom is -0.268 e. The lowest BCUT2D eigenvalue weighted by molar-refractivity contribution is 0.0948. The van der Waals surface area contributed by atoms with Gasteiger partial charge in [-0.2, -0.15) is 10.2 Å². The molecule has 7 heteroatoms. The summed E-state index contributed by atoms with van der Waals surface area (Å²) in [5.41, 5.74) is 3.49. The molecule has 2 aromatic heterocycles. The predicted octanol–water partition coefficient (Wildman–Crippen LogP) is 0.319. The van der Waals surface area contributed by atoms with Crippen molar-refractivity contribution < 1.29 is 4.79 Å². The van der Waals surface area contributed by atoms with Gasteiger partial charge in [-0.05, 0) is 19.1 Å². The molecular weight excluding hydrogens is 246 g/mol. The average Bonchev–Trinajstić information content (AvgIpc) is 2.46. The largest absolute Gasteiger partial charge is 0.291 e. The van der Waals surface area contributed by atoms with Crippen molar-refractivity contribution in [3.05, 3.63) is 58.3 Å². The molecule has 2 heterocycles. The first-order valence-corrected chi connectivity index (χ1v) is 5.47. The summed E-state index contributed by atoms with van der Waals surface area (Å²) in [4.78, 5) is 26.4. The second-order valence-electron chi connectivity index (χ2n) is 3.69. The maximum absolute atomic E-state index is 11.7. The monoisotopic (exact) mass is 257 g/mol. The third kappa shape index (κ3) is 3.32. The topological polar surface area (TPSA) is 100 Å². The Morgan fingerprint density at radius 3 is 2.84 bits per heavy atom. The summed E-state index contributed by atoms with van der Waals surface area (Å²) in [5, 5.41) is 9.71. The van der Waals surface area contributed by atoms with Gasteiger partial charge in [0.15, 0.2) is 5.69 Å². The first kappa shape index (κ1) is 12.6. The van der Waals surface area contributed by atoms with Crippen LogP contribution in [0.3, 0.4) is 0 Å². The summed E-state index contributed by atoms with van der Waals surface area (Å²) in [6, 6.07) is 6.15. The number of rotatable bonds is 3. The lowest BCUT2D eigenvalue weighted by Crippen LogP contribution is -2.22. The lowest BCUT2D eigenvalue weighted by atomic mass is 10.2. The molecule has 0 aliphatic rings. The maximum Gasteiger partial charge on any atom is 0.291 e. The highest BCUT2D eigenvalue weighted by molar-refractivity contribution is 6.00. The van der Waals surface area contributed by atoms with Crippen LogP contribution in [-0.2, 0) is 0 Å². The molecule has 2 aromatic rings. The summed E-state index contributed by atoms with van der Waals surface area (Å²) in [6.45, 7) is 1.75. The third-order valence-electron chi connectivity index (χ3n) is 2.32. The molecule has 7 nitrogen and oxygen atoms in total. The van der Waals surface area contributed by atoms with Gasteiger partial charge in [0.1, 0.15) is 0 Å². The van der Waals surface area contributed by atoms with E-state index in [9.17, 15) is 9.59 Å². The van der Waals surface area contributed by atoms with Crippen LogP contribution in [0.2, 0.25) is 0 Å². The van der Waals surface area contributed by atoms with Crippen LogP contribution in [0.25, 0.3) is 0 Å². The Hall–Kier alpha value is -2.83. The Labute approximate surface area is 108 Å². The van der Waals surface area contributed by atoms with E-state index < -0.39 is 5.91 Å². The number of hydrazone groups is 1. The molecular formula is C12H11N5O2. The van der Waals surface area contributed by atoms with Crippen LogP contribution in [-0.4, -0.2) is 26.8 Å². The fraction of sp³-hybridized carbons (Fsp3) is 0.0833. The van der Waals surface area contributed by atoms with Crippen molar-refractivity contribution in [3.8, 4) is 0 Å². The molecule has 0 atom stereocenters. The van der Waals surface area contributed by atoms with E-state index in [0.717, 1.165) is 5.56 Å². The zero-order valence-electron chi connectivity index (χ0n) is 10.1. The number of pyridine rings is 1. The second kappa shape index (κ2) is 5.67. The van der Waals surface area contributed by atoms with E-state index in [2.05, 4.69) is 25.7 Å². The van der Waals surface area contributed by atoms with Crippen molar-refractivity contribution >= 4 is 11.6 Å². The number of aromatic nitrogens is 3. The highest BCUT2D eigenvalue weighted by Gasteiger charge is 2.06. The van der Waals surface area contributed by atoms with E-state index in [1.807, 2.05) is 6.07 Å².